The van der Waals surface area contributed by atoms with Crippen LogP contribution in [0.15, 0.2) is 0 Å². The molecule has 0 aliphatic heterocycles. The molecule has 58 heavy (non-hydrogen) atoms. The quantitative estimate of drug-likeness (QED) is 0.0420. The number of carbonyl (C=O) groups excluding carboxylic acids is 2. The number of ether oxygens (including phenoxy) is 1. The number of unbranched alkanes of at least 4 members (excludes halogenated alkanes) is 36. The summed E-state index contributed by atoms with van der Waals surface area (Å²) in [5.74, 6) is -0.453. The van der Waals surface area contributed by atoms with E-state index in [-0.39, 0.29) is 24.9 Å². The third-order valence-corrected chi connectivity index (χ3v) is 12.4. The molecule has 0 heterocycles. The van der Waals surface area contributed by atoms with Crippen molar-refractivity contribution in [3.63, 3.8) is 0 Å². The first-order valence-corrected chi connectivity index (χ1v) is 26.3. The highest BCUT2D eigenvalue weighted by molar-refractivity contribution is 5.77. The second-order valence-corrected chi connectivity index (χ2v) is 18.3. The molecule has 3 unspecified atom stereocenters. The normalized spacial score (nSPS) is 13.1. The van der Waals surface area contributed by atoms with Gasteiger partial charge in [-0.3, -0.25) is 9.59 Å². The molecule has 0 rings (SSSR count). The highest BCUT2D eigenvalue weighted by atomic mass is 16.5. The Hall–Kier alpha value is -1.14. The first-order chi connectivity index (χ1) is 28.5. The van der Waals surface area contributed by atoms with E-state index in [1.165, 1.54) is 212 Å². The summed E-state index contributed by atoms with van der Waals surface area (Å²) in [7, 11) is 0. The highest BCUT2D eigenvalue weighted by Crippen LogP contribution is 2.19. The minimum atomic E-state index is -0.778. The predicted molar refractivity (Wildman–Crippen MR) is 250 cm³/mol. The van der Waals surface area contributed by atoms with Gasteiger partial charge in [0.2, 0.25) is 5.91 Å². The van der Waals surface area contributed by atoms with Crippen LogP contribution in [0.5, 0.6) is 0 Å². The highest BCUT2D eigenvalue weighted by Gasteiger charge is 2.24. The van der Waals surface area contributed by atoms with Crippen LogP contribution in [0.25, 0.3) is 0 Å². The lowest BCUT2D eigenvalue weighted by molar-refractivity contribution is -0.151. The molecule has 6 nitrogen and oxygen atoms in total. The second-order valence-electron chi connectivity index (χ2n) is 18.3. The van der Waals surface area contributed by atoms with Gasteiger partial charge in [-0.25, -0.2) is 0 Å². The Morgan fingerprint density at radius 1 is 0.431 bits per heavy atom. The molecule has 0 aliphatic rings. The minimum Gasteiger partial charge on any atom is -0.462 e. The van der Waals surface area contributed by atoms with Crippen molar-refractivity contribution in [2.75, 3.05) is 6.61 Å². The fraction of sp³-hybridized carbons (Fsp3) is 0.962. The zero-order valence-electron chi connectivity index (χ0n) is 39.5. The van der Waals surface area contributed by atoms with Gasteiger partial charge in [-0.15, -0.1) is 0 Å². The van der Waals surface area contributed by atoms with E-state index < -0.39 is 18.2 Å². The largest absolute Gasteiger partial charge is 0.462 e. The molecule has 0 saturated heterocycles. The molecular weight excluding hydrogens is 719 g/mol. The summed E-state index contributed by atoms with van der Waals surface area (Å²) in [6, 6.07) is -0.691. The lowest BCUT2D eigenvalue weighted by Gasteiger charge is -2.24. The fourth-order valence-electron chi connectivity index (χ4n) is 8.43. The molecule has 0 saturated carbocycles. The van der Waals surface area contributed by atoms with E-state index in [2.05, 4.69) is 26.1 Å². The summed E-state index contributed by atoms with van der Waals surface area (Å²) in [5.41, 5.74) is 0. The summed E-state index contributed by atoms with van der Waals surface area (Å²) in [4.78, 5) is 26.1. The molecule has 0 aliphatic carbocycles. The molecule has 0 bridgehead atoms. The smallest absolute Gasteiger partial charge is 0.306 e. The summed E-state index contributed by atoms with van der Waals surface area (Å²) in [6.45, 7) is 6.50. The van der Waals surface area contributed by atoms with Crippen molar-refractivity contribution in [3.8, 4) is 0 Å². The Bertz CT molecular complexity index is 837. The number of nitrogens with one attached hydrogen (secondary N) is 1. The van der Waals surface area contributed by atoms with Crippen LogP contribution in [0, 0.1) is 0 Å². The van der Waals surface area contributed by atoms with Crippen molar-refractivity contribution in [1.82, 2.24) is 5.32 Å². The van der Waals surface area contributed by atoms with Gasteiger partial charge in [0, 0.05) is 6.42 Å². The lowest BCUT2D eigenvalue weighted by Crippen LogP contribution is -2.46. The molecule has 3 N–H and O–H groups in total. The maximum absolute atomic E-state index is 13.2. The SMILES string of the molecule is CCCCCCCCCCCCCCCCCCC(=O)OC(CCCCCCCCCCC)CC(=O)NC(CO)C(O)CCCCCCCCCCCCCCCC. The summed E-state index contributed by atoms with van der Waals surface area (Å²) in [6.07, 6.45) is 50.2. The van der Waals surface area contributed by atoms with Gasteiger partial charge in [0.05, 0.1) is 25.2 Å². The Morgan fingerprint density at radius 3 is 1.05 bits per heavy atom. The van der Waals surface area contributed by atoms with Gasteiger partial charge in [0.15, 0.2) is 0 Å². The van der Waals surface area contributed by atoms with Gasteiger partial charge in [0.1, 0.15) is 6.10 Å². The molecular formula is C52H103NO5. The van der Waals surface area contributed by atoms with Crippen molar-refractivity contribution < 1.29 is 24.5 Å². The van der Waals surface area contributed by atoms with Crippen LogP contribution in [0.1, 0.15) is 297 Å². The van der Waals surface area contributed by atoms with Gasteiger partial charge in [0.25, 0.3) is 0 Å². The predicted octanol–water partition coefficient (Wildman–Crippen LogP) is 15.6. The van der Waals surface area contributed by atoms with Gasteiger partial charge in [-0.05, 0) is 25.7 Å². The van der Waals surface area contributed by atoms with E-state index in [0.29, 0.717) is 19.3 Å². The van der Waals surface area contributed by atoms with E-state index in [4.69, 9.17) is 4.74 Å². The first kappa shape index (κ1) is 56.9. The van der Waals surface area contributed by atoms with Crippen LogP contribution in [0.2, 0.25) is 0 Å². The molecule has 3 atom stereocenters. The second kappa shape index (κ2) is 46.9. The molecule has 346 valence electrons. The molecule has 1 amide bonds. The maximum Gasteiger partial charge on any atom is 0.306 e. The molecule has 6 heteroatoms. The zero-order valence-corrected chi connectivity index (χ0v) is 39.5. The Morgan fingerprint density at radius 2 is 0.724 bits per heavy atom. The van der Waals surface area contributed by atoms with Crippen molar-refractivity contribution >= 4 is 11.9 Å². The maximum atomic E-state index is 13.2. The van der Waals surface area contributed by atoms with Gasteiger partial charge in [-0.2, -0.15) is 0 Å². The summed E-state index contributed by atoms with van der Waals surface area (Å²) >= 11 is 0. The van der Waals surface area contributed by atoms with Crippen molar-refractivity contribution in [3.05, 3.63) is 0 Å². The number of carbonyl (C=O) groups is 2. The van der Waals surface area contributed by atoms with Crippen LogP contribution in [0.4, 0.5) is 0 Å². The molecule has 0 radical (unpaired) electrons. The van der Waals surface area contributed by atoms with E-state index in [9.17, 15) is 19.8 Å². The average Bonchev–Trinajstić information content (AvgIpc) is 3.22. The number of hydrogen-bond donors (Lipinski definition) is 3. The van der Waals surface area contributed by atoms with Gasteiger partial charge < -0.3 is 20.3 Å². The topological polar surface area (TPSA) is 95.9 Å². The monoisotopic (exact) mass is 822 g/mol. The number of hydrogen-bond acceptors (Lipinski definition) is 5. The Balaban J connectivity index is 4.39. The lowest BCUT2D eigenvalue weighted by atomic mass is 10.0. The van der Waals surface area contributed by atoms with Gasteiger partial charge in [-0.1, -0.05) is 258 Å². The summed E-state index contributed by atoms with van der Waals surface area (Å²) in [5, 5.41) is 23.7. The van der Waals surface area contributed by atoms with Crippen molar-refractivity contribution in [1.29, 1.82) is 0 Å². The summed E-state index contributed by atoms with van der Waals surface area (Å²) < 4.78 is 5.93. The fourth-order valence-corrected chi connectivity index (χ4v) is 8.43. The number of amides is 1. The average molecular weight is 822 g/mol. The Kier molecular flexibility index (Phi) is 46.0. The molecule has 0 spiro atoms. The number of aliphatic hydroxyl groups is 2. The van der Waals surface area contributed by atoms with Crippen LogP contribution < -0.4 is 5.32 Å². The standard InChI is InChI=1S/C52H103NO5/c1-4-7-10-13-16-19-21-23-25-26-28-30-33-36-39-42-45-52(57)58-48(43-40-37-34-31-18-15-12-9-6-3)46-51(56)53-49(47-54)50(55)44-41-38-35-32-29-27-24-22-20-17-14-11-8-5-2/h48-50,54-55H,4-47H2,1-3H3,(H,53,56). The van der Waals surface area contributed by atoms with Crippen LogP contribution in [0.3, 0.4) is 0 Å². The molecule has 0 aromatic carbocycles. The molecule has 0 aromatic heterocycles. The van der Waals surface area contributed by atoms with Crippen LogP contribution >= 0.6 is 0 Å². The zero-order chi connectivity index (χ0) is 42.4. The van der Waals surface area contributed by atoms with E-state index in [1.807, 2.05) is 0 Å². The molecule has 0 aromatic rings. The van der Waals surface area contributed by atoms with Gasteiger partial charge >= 0.3 is 5.97 Å². The minimum absolute atomic E-state index is 0.0871. The van der Waals surface area contributed by atoms with Crippen LogP contribution in [-0.4, -0.2) is 46.9 Å². The molecule has 0 fully saturated rings. The number of aliphatic hydroxyl groups excluding tert-OH is 2. The number of rotatable bonds is 48. The van der Waals surface area contributed by atoms with E-state index in [1.54, 1.807) is 0 Å². The third kappa shape index (κ3) is 41.6. The number of esters is 1. The first-order valence-electron chi connectivity index (χ1n) is 26.3. The van der Waals surface area contributed by atoms with Crippen LogP contribution in [-0.2, 0) is 14.3 Å². The van der Waals surface area contributed by atoms with E-state index in [0.717, 1.165) is 38.5 Å². The van der Waals surface area contributed by atoms with Crippen molar-refractivity contribution in [2.45, 2.75) is 315 Å². The van der Waals surface area contributed by atoms with Crippen molar-refractivity contribution in [2.24, 2.45) is 0 Å². The van der Waals surface area contributed by atoms with E-state index >= 15 is 0 Å². The third-order valence-electron chi connectivity index (χ3n) is 12.4. The Labute approximate surface area is 362 Å².